The summed E-state index contributed by atoms with van der Waals surface area (Å²) in [5.41, 5.74) is 6.49. The Kier molecular flexibility index (Phi) is 4.06. The zero-order chi connectivity index (χ0) is 14.2. The first-order chi connectivity index (χ1) is 8.87. The number of hydrogen-bond acceptors (Lipinski definition) is 4. The number of aliphatic hydroxyl groups excluding tert-OH is 1. The SMILES string of the molecule is Cc1cc(Cl)c(N)cc1S(=O)(=O)N1CCC[C@@H]1CO. The smallest absolute Gasteiger partial charge is 0.243 e. The van der Waals surface area contributed by atoms with Gasteiger partial charge in [0.1, 0.15) is 0 Å². The number of nitrogen functional groups attached to an aromatic ring is 1. The van der Waals surface area contributed by atoms with Crippen LogP contribution < -0.4 is 5.73 Å². The Morgan fingerprint density at radius 1 is 1.53 bits per heavy atom. The Labute approximate surface area is 118 Å². The average molecular weight is 305 g/mol. The van der Waals surface area contributed by atoms with Gasteiger partial charge in [-0.15, -0.1) is 0 Å². The van der Waals surface area contributed by atoms with E-state index in [2.05, 4.69) is 0 Å². The summed E-state index contributed by atoms with van der Waals surface area (Å²) < 4.78 is 26.6. The number of nitrogens with two attached hydrogens (primary N) is 1. The van der Waals surface area contributed by atoms with Gasteiger partial charge in [-0.1, -0.05) is 11.6 Å². The quantitative estimate of drug-likeness (QED) is 0.826. The number of nitrogens with zero attached hydrogens (tertiary/aromatic N) is 1. The fourth-order valence-corrected chi connectivity index (χ4v) is 4.53. The molecular weight excluding hydrogens is 288 g/mol. The van der Waals surface area contributed by atoms with Gasteiger partial charge in [0, 0.05) is 12.6 Å². The van der Waals surface area contributed by atoms with Gasteiger partial charge in [-0.25, -0.2) is 8.42 Å². The Hall–Kier alpha value is -0.820. The third kappa shape index (κ3) is 2.58. The number of sulfonamides is 1. The monoisotopic (exact) mass is 304 g/mol. The summed E-state index contributed by atoms with van der Waals surface area (Å²) in [7, 11) is -3.64. The summed E-state index contributed by atoms with van der Waals surface area (Å²) in [4.78, 5) is 0.162. The van der Waals surface area contributed by atoms with Gasteiger partial charge in [-0.2, -0.15) is 4.31 Å². The van der Waals surface area contributed by atoms with E-state index < -0.39 is 10.0 Å². The van der Waals surface area contributed by atoms with Gasteiger partial charge in [-0.3, -0.25) is 0 Å². The predicted molar refractivity (Wildman–Crippen MR) is 74.6 cm³/mol. The van der Waals surface area contributed by atoms with Crippen LogP contribution in [0.15, 0.2) is 17.0 Å². The largest absolute Gasteiger partial charge is 0.397 e. The third-order valence-corrected chi connectivity index (χ3v) is 5.84. The minimum atomic E-state index is -3.64. The number of rotatable bonds is 3. The number of anilines is 1. The van der Waals surface area contributed by atoms with Crippen molar-refractivity contribution in [3.63, 3.8) is 0 Å². The molecule has 7 heteroatoms. The number of halogens is 1. The standard InChI is InChI=1S/C12H17ClN2O3S/c1-8-5-10(13)11(14)6-12(8)19(17,18)15-4-2-3-9(15)7-16/h5-6,9,16H,2-4,7,14H2,1H3/t9-/m1/s1. The second kappa shape index (κ2) is 5.28. The molecule has 0 amide bonds. The van der Waals surface area contributed by atoms with E-state index in [1.54, 1.807) is 13.0 Å². The molecular formula is C12H17ClN2O3S. The molecule has 1 atom stereocenters. The van der Waals surface area contributed by atoms with Gasteiger partial charge in [0.15, 0.2) is 0 Å². The van der Waals surface area contributed by atoms with Gasteiger partial charge < -0.3 is 10.8 Å². The van der Waals surface area contributed by atoms with Crippen molar-refractivity contribution in [2.45, 2.75) is 30.7 Å². The predicted octanol–water partition coefficient (Wildman–Crippen LogP) is 1.38. The summed E-state index contributed by atoms with van der Waals surface area (Å²) in [5.74, 6) is 0. The van der Waals surface area contributed by atoms with Crippen molar-refractivity contribution in [3.05, 3.63) is 22.7 Å². The maximum atomic E-state index is 12.6. The summed E-state index contributed by atoms with van der Waals surface area (Å²) >= 11 is 5.88. The Balaban J connectivity index is 2.48. The normalized spacial score (nSPS) is 20.9. The number of aryl methyl sites for hydroxylation is 1. The molecule has 2 rings (SSSR count). The molecule has 0 unspecified atom stereocenters. The van der Waals surface area contributed by atoms with E-state index in [-0.39, 0.29) is 23.2 Å². The fourth-order valence-electron chi connectivity index (χ4n) is 2.38. The third-order valence-electron chi connectivity index (χ3n) is 3.41. The first-order valence-electron chi connectivity index (χ1n) is 6.06. The van der Waals surface area contributed by atoms with Crippen molar-refractivity contribution in [3.8, 4) is 0 Å². The second-order valence-corrected chi connectivity index (χ2v) is 7.00. The molecule has 0 spiro atoms. The van der Waals surface area contributed by atoms with Crippen LogP contribution >= 0.6 is 11.6 Å². The van der Waals surface area contributed by atoms with Crippen LogP contribution in [-0.2, 0) is 10.0 Å². The minimum absolute atomic E-state index is 0.162. The topological polar surface area (TPSA) is 83.6 Å². The Morgan fingerprint density at radius 3 is 2.84 bits per heavy atom. The van der Waals surface area contributed by atoms with Crippen molar-refractivity contribution in [1.82, 2.24) is 4.31 Å². The first-order valence-corrected chi connectivity index (χ1v) is 7.88. The molecule has 1 fully saturated rings. The van der Waals surface area contributed by atoms with Crippen LogP contribution in [0.5, 0.6) is 0 Å². The maximum Gasteiger partial charge on any atom is 0.243 e. The summed E-state index contributed by atoms with van der Waals surface area (Å²) in [6.07, 6.45) is 1.43. The molecule has 1 saturated heterocycles. The zero-order valence-corrected chi connectivity index (χ0v) is 12.2. The summed E-state index contributed by atoms with van der Waals surface area (Å²) in [6, 6.07) is 2.59. The molecule has 1 aliphatic heterocycles. The summed E-state index contributed by atoms with van der Waals surface area (Å²) in [6.45, 7) is 1.94. The highest BCUT2D eigenvalue weighted by Crippen LogP contribution is 2.31. The van der Waals surface area contributed by atoms with E-state index >= 15 is 0 Å². The van der Waals surface area contributed by atoms with Crippen molar-refractivity contribution in [2.75, 3.05) is 18.9 Å². The molecule has 1 aliphatic rings. The van der Waals surface area contributed by atoms with Crippen LogP contribution in [0, 0.1) is 6.92 Å². The highest BCUT2D eigenvalue weighted by atomic mass is 35.5. The molecule has 0 aromatic heterocycles. The number of benzene rings is 1. The first kappa shape index (κ1) is 14.6. The van der Waals surface area contributed by atoms with Crippen molar-refractivity contribution < 1.29 is 13.5 Å². The van der Waals surface area contributed by atoms with Crippen molar-refractivity contribution in [2.24, 2.45) is 0 Å². The highest BCUT2D eigenvalue weighted by Gasteiger charge is 2.35. The highest BCUT2D eigenvalue weighted by molar-refractivity contribution is 7.89. The van der Waals surface area contributed by atoms with Crippen LogP contribution in [0.2, 0.25) is 5.02 Å². The average Bonchev–Trinajstić information content (AvgIpc) is 2.82. The fraction of sp³-hybridized carbons (Fsp3) is 0.500. The van der Waals surface area contributed by atoms with E-state index in [9.17, 15) is 13.5 Å². The molecule has 0 bridgehead atoms. The lowest BCUT2D eigenvalue weighted by Crippen LogP contribution is -2.37. The lowest BCUT2D eigenvalue weighted by molar-refractivity contribution is 0.213. The van der Waals surface area contributed by atoms with E-state index in [0.29, 0.717) is 23.6 Å². The van der Waals surface area contributed by atoms with Gasteiger partial charge in [0.05, 0.1) is 22.2 Å². The number of hydrogen-bond donors (Lipinski definition) is 2. The van der Waals surface area contributed by atoms with Gasteiger partial charge >= 0.3 is 0 Å². The van der Waals surface area contributed by atoms with Gasteiger partial charge in [0.25, 0.3) is 0 Å². The zero-order valence-electron chi connectivity index (χ0n) is 10.6. The number of aliphatic hydroxyl groups is 1. The molecule has 106 valence electrons. The van der Waals surface area contributed by atoms with Crippen LogP contribution in [0.1, 0.15) is 18.4 Å². The van der Waals surface area contributed by atoms with E-state index in [0.717, 1.165) is 6.42 Å². The summed E-state index contributed by atoms with van der Waals surface area (Å²) in [5, 5.41) is 9.61. The molecule has 1 aromatic carbocycles. The van der Waals surface area contributed by atoms with E-state index in [4.69, 9.17) is 17.3 Å². The second-order valence-electron chi connectivity index (χ2n) is 4.73. The molecule has 1 aromatic rings. The lowest BCUT2D eigenvalue weighted by atomic mass is 10.2. The van der Waals surface area contributed by atoms with Crippen LogP contribution in [0.3, 0.4) is 0 Å². The van der Waals surface area contributed by atoms with Crippen LogP contribution in [-0.4, -0.2) is 37.0 Å². The van der Waals surface area contributed by atoms with Crippen LogP contribution in [0.4, 0.5) is 5.69 Å². The molecule has 5 nitrogen and oxygen atoms in total. The molecule has 19 heavy (non-hydrogen) atoms. The maximum absolute atomic E-state index is 12.6. The molecule has 0 aliphatic carbocycles. The Bertz CT molecular complexity index is 589. The molecule has 1 heterocycles. The minimum Gasteiger partial charge on any atom is -0.397 e. The van der Waals surface area contributed by atoms with Crippen molar-refractivity contribution in [1.29, 1.82) is 0 Å². The van der Waals surface area contributed by atoms with Crippen LogP contribution in [0.25, 0.3) is 0 Å². The van der Waals surface area contributed by atoms with E-state index in [1.165, 1.54) is 10.4 Å². The molecule has 3 N–H and O–H groups in total. The van der Waals surface area contributed by atoms with Gasteiger partial charge in [0.2, 0.25) is 10.0 Å². The lowest BCUT2D eigenvalue weighted by Gasteiger charge is -2.23. The van der Waals surface area contributed by atoms with Gasteiger partial charge in [-0.05, 0) is 37.5 Å². The van der Waals surface area contributed by atoms with Crippen molar-refractivity contribution >= 4 is 27.3 Å². The van der Waals surface area contributed by atoms with E-state index in [1.807, 2.05) is 0 Å². The molecule has 0 radical (unpaired) electrons. The molecule has 0 saturated carbocycles. The Morgan fingerprint density at radius 2 is 2.21 bits per heavy atom.